The van der Waals surface area contributed by atoms with E-state index >= 15 is 0 Å². The van der Waals surface area contributed by atoms with E-state index in [0.29, 0.717) is 0 Å². The minimum atomic E-state index is -2.17. The van der Waals surface area contributed by atoms with Crippen molar-refractivity contribution in [3.63, 3.8) is 0 Å². The molecule has 0 aliphatic carbocycles. The van der Waals surface area contributed by atoms with Gasteiger partial charge in [-0.05, 0) is 0 Å². The van der Waals surface area contributed by atoms with Gasteiger partial charge in [-0.15, -0.1) is 0 Å². The summed E-state index contributed by atoms with van der Waals surface area (Å²) in [5.41, 5.74) is 0. The largest absolute Gasteiger partial charge is 1.00 e. The average Bonchev–Trinajstić information content (AvgIpc) is 0.811. The monoisotopic (exact) mass is 126 g/mol. The molecule has 0 bridgehead atoms. The van der Waals surface area contributed by atoms with E-state index in [1.807, 2.05) is 0 Å². The second-order valence-electron chi connectivity index (χ2n) is 0.346. The van der Waals surface area contributed by atoms with Crippen LogP contribution in [0, 0.1) is 0 Å². The summed E-state index contributed by atoms with van der Waals surface area (Å²) in [6.07, 6.45) is 0. The van der Waals surface area contributed by atoms with Crippen LogP contribution in [0.2, 0.25) is 0 Å². The third-order valence-electron chi connectivity index (χ3n) is 0. The van der Waals surface area contributed by atoms with Crippen LogP contribution in [0.4, 0.5) is 0 Å². The Labute approximate surface area is 104 Å². The fourth-order valence-electron chi connectivity index (χ4n) is 0. The normalized spacial score (nSPS) is 4.50. The second-order valence-corrected chi connectivity index (χ2v) is 0.346. The molecule has 0 amide bonds. The fraction of sp³-hybridized carbons (Fsp3) is 0. The molecule has 6 heteroatoms. The van der Waals surface area contributed by atoms with Gasteiger partial charge in [-0.3, -0.25) is 0 Å². The van der Waals surface area contributed by atoms with E-state index < -0.39 is 7.32 Å². The van der Waals surface area contributed by atoms with Gasteiger partial charge in [-0.25, -0.2) is 0 Å². The van der Waals surface area contributed by atoms with Crippen molar-refractivity contribution in [2.75, 3.05) is 0 Å². The van der Waals surface area contributed by atoms with E-state index in [9.17, 15) is 0 Å². The molecular weight excluding hydrogens is 121 g/mol. The zero-order valence-corrected chi connectivity index (χ0v) is 9.04. The molecule has 0 spiro atoms. The SMILES string of the molecule is OB(O)O.[H-].[H-].[K+].[Na+]. The van der Waals surface area contributed by atoms with Crippen LogP contribution in [0.3, 0.4) is 0 Å². The summed E-state index contributed by atoms with van der Waals surface area (Å²) in [6.45, 7) is 0. The van der Waals surface area contributed by atoms with E-state index in [4.69, 9.17) is 15.1 Å². The van der Waals surface area contributed by atoms with Gasteiger partial charge < -0.3 is 17.9 Å². The van der Waals surface area contributed by atoms with Gasteiger partial charge in [0.2, 0.25) is 0 Å². The Morgan fingerprint density at radius 2 is 1.17 bits per heavy atom. The maximum atomic E-state index is 7.17. The predicted molar refractivity (Wildman–Crippen MR) is 14.6 cm³/mol. The van der Waals surface area contributed by atoms with Crippen LogP contribution in [-0.4, -0.2) is 22.4 Å². The van der Waals surface area contributed by atoms with Gasteiger partial charge >= 0.3 is 88.3 Å². The molecule has 0 atom stereocenters. The molecule has 0 aliphatic rings. The summed E-state index contributed by atoms with van der Waals surface area (Å²) in [5.74, 6) is 0. The van der Waals surface area contributed by atoms with Gasteiger partial charge in [0.05, 0.1) is 0 Å². The summed E-state index contributed by atoms with van der Waals surface area (Å²) in [6, 6.07) is 0. The molecule has 0 radical (unpaired) electrons. The number of hydrogen-bond donors (Lipinski definition) is 3. The Hall–Kier alpha value is 2.58. The first kappa shape index (κ1) is 15.8. The molecule has 0 aliphatic heterocycles. The molecule has 0 rings (SSSR count). The summed E-state index contributed by atoms with van der Waals surface area (Å²) in [5, 5.41) is 21.5. The summed E-state index contributed by atoms with van der Waals surface area (Å²) in [4.78, 5) is 0. The zero-order valence-electron chi connectivity index (χ0n) is 5.92. The molecule has 0 saturated carbocycles. The van der Waals surface area contributed by atoms with E-state index in [1.54, 1.807) is 0 Å². The molecule has 0 aromatic heterocycles. The third kappa shape index (κ3) is 30.8. The van der Waals surface area contributed by atoms with Gasteiger partial charge in [-0.2, -0.15) is 0 Å². The van der Waals surface area contributed by atoms with Gasteiger partial charge in [-0.1, -0.05) is 0 Å². The first-order valence-corrected chi connectivity index (χ1v) is 0.775. The van der Waals surface area contributed by atoms with E-state index in [2.05, 4.69) is 0 Å². The van der Waals surface area contributed by atoms with Gasteiger partial charge in [0.1, 0.15) is 0 Å². The smallest absolute Gasteiger partial charge is 1.00 e. The molecule has 0 aromatic carbocycles. The molecule has 0 heterocycles. The Morgan fingerprint density at radius 3 is 1.17 bits per heavy atom. The molecule has 3 N–H and O–H groups in total. The Kier molecular flexibility index (Phi) is 27.8. The summed E-state index contributed by atoms with van der Waals surface area (Å²) >= 11 is 0. The molecule has 0 aromatic rings. The van der Waals surface area contributed by atoms with E-state index in [1.165, 1.54) is 0 Å². The Bertz CT molecular complexity index is 22.0. The molecule has 6 heavy (non-hydrogen) atoms. The topological polar surface area (TPSA) is 60.7 Å². The third-order valence-corrected chi connectivity index (χ3v) is 0. The molecule has 0 fully saturated rings. The van der Waals surface area contributed by atoms with Gasteiger partial charge in [0.25, 0.3) is 0 Å². The summed E-state index contributed by atoms with van der Waals surface area (Å²) < 4.78 is 0. The van der Waals surface area contributed by atoms with Crippen molar-refractivity contribution in [3.05, 3.63) is 0 Å². The first-order chi connectivity index (χ1) is 1.73. The Balaban J connectivity index is -0.00000000750. The quantitative estimate of drug-likeness (QED) is 0.282. The zero-order chi connectivity index (χ0) is 3.58. The molecule has 3 nitrogen and oxygen atoms in total. The maximum absolute atomic E-state index is 7.17. The van der Waals surface area contributed by atoms with Crippen molar-refractivity contribution in [1.29, 1.82) is 0 Å². The van der Waals surface area contributed by atoms with Gasteiger partial charge in [0, 0.05) is 0 Å². The van der Waals surface area contributed by atoms with Gasteiger partial charge in [0.15, 0.2) is 0 Å². The van der Waals surface area contributed by atoms with E-state index in [0.717, 1.165) is 0 Å². The molecule has 0 unspecified atom stereocenters. The number of rotatable bonds is 0. The van der Waals surface area contributed by atoms with Crippen LogP contribution >= 0.6 is 0 Å². The van der Waals surface area contributed by atoms with Crippen molar-refractivity contribution >= 4 is 7.32 Å². The Morgan fingerprint density at radius 1 is 1.17 bits per heavy atom. The van der Waals surface area contributed by atoms with Crippen LogP contribution in [0.15, 0.2) is 0 Å². The van der Waals surface area contributed by atoms with Crippen molar-refractivity contribution in [2.24, 2.45) is 0 Å². The number of hydrogen-bond acceptors (Lipinski definition) is 3. The fourth-order valence-corrected chi connectivity index (χ4v) is 0. The van der Waals surface area contributed by atoms with Crippen LogP contribution in [-0.2, 0) is 0 Å². The standard InChI is InChI=1S/BH3O3.K.Na.2H/c2-1(3)4;;;;/h2-4H;;;;/q;2*+1;2*-1. The average molecular weight is 126 g/mol. The predicted octanol–water partition coefficient (Wildman–Crippen LogP) is -7.82. The van der Waals surface area contributed by atoms with Crippen molar-refractivity contribution in [2.45, 2.75) is 0 Å². The molecular formula is H5BKNaO3. The minimum absolute atomic E-state index is 0. The van der Waals surface area contributed by atoms with Crippen molar-refractivity contribution < 1.29 is 98.9 Å². The summed E-state index contributed by atoms with van der Waals surface area (Å²) in [7, 11) is -2.17. The first-order valence-electron chi connectivity index (χ1n) is 0.775. The molecule has 0 saturated heterocycles. The van der Waals surface area contributed by atoms with Crippen molar-refractivity contribution in [1.82, 2.24) is 0 Å². The van der Waals surface area contributed by atoms with Crippen LogP contribution in [0.1, 0.15) is 2.85 Å². The second kappa shape index (κ2) is 10.5. The molecule has 28 valence electrons. The van der Waals surface area contributed by atoms with E-state index in [-0.39, 0.29) is 83.8 Å². The van der Waals surface area contributed by atoms with Crippen LogP contribution in [0.5, 0.6) is 0 Å². The van der Waals surface area contributed by atoms with Crippen molar-refractivity contribution in [3.8, 4) is 0 Å². The van der Waals surface area contributed by atoms with Crippen LogP contribution in [0.25, 0.3) is 0 Å². The minimum Gasteiger partial charge on any atom is -1.00 e. The maximum Gasteiger partial charge on any atom is 1.00 e. The van der Waals surface area contributed by atoms with Crippen LogP contribution < -0.4 is 80.9 Å².